The van der Waals surface area contributed by atoms with Gasteiger partial charge < -0.3 is 4.57 Å². The van der Waals surface area contributed by atoms with Crippen molar-refractivity contribution in [3.63, 3.8) is 0 Å². The van der Waals surface area contributed by atoms with E-state index in [1.165, 1.54) is 0 Å². The van der Waals surface area contributed by atoms with Gasteiger partial charge in [0.1, 0.15) is 0 Å². The van der Waals surface area contributed by atoms with E-state index in [2.05, 4.69) is 5.18 Å². The van der Waals surface area contributed by atoms with Gasteiger partial charge in [-0.15, -0.1) is 4.91 Å². The molecule has 0 fully saturated rings. The first-order chi connectivity index (χ1) is 6.74. The van der Waals surface area contributed by atoms with Crippen LogP contribution in [0.1, 0.15) is 10.4 Å². The van der Waals surface area contributed by atoms with Crippen molar-refractivity contribution in [2.75, 3.05) is 0 Å². The smallest absolute Gasteiger partial charge is 0.317 e. The number of carbonyl (C=O) groups excluding carboxylic acids is 1. The van der Waals surface area contributed by atoms with Crippen LogP contribution in [0.25, 0.3) is 10.9 Å². The third-order valence-corrected chi connectivity index (χ3v) is 2.24. The first-order valence-corrected chi connectivity index (χ1v) is 4.16. The van der Waals surface area contributed by atoms with E-state index in [0.29, 0.717) is 5.56 Å². The summed E-state index contributed by atoms with van der Waals surface area (Å²) in [6.07, 6.45) is 1.84. The predicted molar refractivity (Wildman–Crippen MR) is 53.0 cm³/mol. The van der Waals surface area contributed by atoms with Crippen LogP contribution >= 0.6 is 0 Å². The number of rotatable bonds is 1. The van der Waals surface area contributed by atoms with Crippen LogP contribution in [-0.4, -0.2) is 10.5 Å². The number of aromatic nitrogens is 1. The maximum atomic E-state index is 11.1. The van der Waals surface area contributed by atoms with E-state index in [1.807, 2.05) is 23.9 Å². The van der Waals surface area contributed by atoms with Crippen molar-refractivity contribution >= 4 is 16.8 Å². The van der Waals surface area contributed by atoms with E-state index in [9.17, 15) is 9.70 Å². The van der Waals surface area contributed by atoms with Crippen molar-refractivity contribution in [1.82, 2.24) is 4.57 Å². The van der Waals surface area contributed by atoms with Crippen LogP contribution in [0.3, 0.4) is 0 Å². The van der Waals surface area contributed by atoms with Gasteiger partial charge in [0, 0.05) is 29.3 Å². The monoisotopic (exact) mass is 188 g/mol. The molecular weight excluding hydrogens is 180 g/mol. The highest BCUT2D eigenvalue weighted by Gasteiger charge is 2.10. The number of carbonyl (C=O) groups is 1. The van der Waals surface area contributed by atoms with Gasteiger partial charge in [0.15, 0.2) is 0 Å². The molecule has 0 spiro atoms. The van der Waals surface area contributed by atoms with Crippen LogP contribution in [0.4, 0.5) is 0 Å². The van der Waals surface area contributed by atoms with Gasteiger partial charge in [-0.05, 0) is 18.2 Å². The van der Waals surface area contributed by atoms with Gasteiger partial charge in [0.2, 0.25) is 0 Å². The Kier molecular flexibility index (Phi) is 1.89. The Balaban J connectivity index is 2.77. The second-order valence-corrected chi connectivity index (χ2v) is 3.06. The minimum Gasteiger partial charge on any atom is -0.351 e. The van der Waals surface area contributed by atoms with Gasteiger partial charge in [0.25, 0.3) is 0 Å². The molecule has 0 aliphatic heterocycles. The molecule has 1 aromatic heterocycles. The summed E-state index contributed by atoms with van der Waals surface area (Å²) in [5.41, 5.74) is 1.28. The molecule has 4 heteroatoms. The summed E-state index contributed by atoms with van der Waals surface area (Å²) >= 11 is 0. The van der Waals surface area contributed by atoms with Crippen molar-refractivity contribution in [2.24, 2.45) is 12.2 Å². The molecule has 70 valence electrons. The number of hydrogen-bond donors (Lipinski definition) is 0. The Hall–Kier alpha value is -1.97. The van der Waals surface area contributed by atoms with Gasteiger partial charge in [-0.1, -0.05) is 6.07 Å². The van der Waals surface area contributed by atoms with Crippen molar-refractivity contribution < 1.29 is 4.79 Å². The van der Waals surface area contributed by atoms with E-state index in [4.69, 9.17) is 0 Å². The van der Waals surface area contributed by atoms with Crippen molar-refractivity contribution in [2.45, 2.75) is 0 Å². The van der Waals surface area contributed by atoms with Crippen LogP contribution in [0.15, 0.2) is 35.6 Å². The standard InChI is InChI=1S/C10H8N2O2/c1-12-6-5-7-8(10(13)11-14)3-2-4-9(7)12/h2-6H,1H3. The molecule has 14 heavy (non-hydrogen) atoms. The van der Waals surface area contributed by atoms with Crippen molar-refractivity contribution in [3.8, 4) is 0 Å². The number of nitrogens with zero attached hydrogens (tertiary/aromatic N) is 2. The minimum absolute atomic E-state index is 0.359. The number of fused-ring (bicyclic) bond motifs is 1. The van der Waals surface area contributed by atoms with Gasteiger partial charge in [-0.2, -0.15) is 0 Å². The van der Waals surface area contributed by atoms with Crippen LogP contribution < -0.4 is 0 Å². The van der Waals surface area contributed by atoms with E-state index in [1.54, 1.807) is 18.2 Å². The number of aryl methyl sites for hydroxylation is 1. The normalized spacial score (nSPS) is 10.4. The molecular formula is C10H8N2O2. The Bertz CT molecular complexity index is 514. The molecule has 0 radical (unpaired) electrons. The Labute approximate surface area is 80.1 Å². The van der Waals surface area contributed by atoms with E-state index in [-0.39, 0.29) is 0 Å². The Morgan fingerprint density at radius 3 is 2.86 bits per heavy atom. The minimum atomic E-state index is -0.721. The SMILES string of the molecule is Cn1ccc2c(C(=O)N=O)cccc21. The van der Waals surface area contributed by atoms with E-state index in [0.717, 1.165) is 10.9 Å². The van der Waals surface area contributed by atoms with Gasteiger partial charge in [-0.3, -0.25) is 4.79 Å². The van der Waals surface area contributed by atoms with E-state index < -0.39 is 5.91 Å². The molecule has 0 saturated carbocycles. The van der Waals surface area contributed by atoms with Gasteiger partial charge >= 0.3 is 5.91 Å². The molecule has 2 aromatic rings. The molecule has 0 bridgehead atoms. The fraction of sp³-hybridized carbons (Fsp3) is 0.100. The van der Waals surface area contributed by atoms with Crippen LogP contribution in [0.5, 0.6) is 0 Å². The second-order valence-electron chi connectivity index (χ2n) is 3.06. The van der Waals surface area contributed by atoms with E-state index >= 15 is 0 Å². The fourth-order valence-electron chi connectivity index (χ4n) is 1.54. The molecule has 0 atom stereocenters. The molecule has 1 amide bonds. The summed E-state index contributed by atoms with van der Waals surface area (Å²) in [5.74, 6) is -0.721. The predicted octanol–water partition coefficient (Wildman–Crippen LogP) is 2.08. The summed E-state index contributed by atoms with van der Waals surface area (Å²) in [4.78, 5) is 21.3. The zero-order valence-corrected chi connectivity index (χ0v) is 7.60. The zero-order chi connectivity index (χ0) is 10.1. The molecule has 1 heterocycles. The summed E-state index contributed by atoms with van der Waals surface area (Å²) in [6, 6.07) is 7.03. The number of nitroso groups, excluding NO2 is 1. The van der Waals surface area contributed by atoms with Crippen LogP contribution in [0.2, 0.25) is 0 Å². The summed E-state index contributed by atoms with van der Waals surface area (Å²) in [6.45, 7) is 0. The molecule has 0 aliphatic carbocycles. The quantitative estimate of drug-likeness (QED) is 0.643. The largest absolute Gasteiger partial charge is 0.351 e. The van der Waals surface area contributed by atoms with Gasteiger partial charge in [-0.25, -0.2) is 0 Å². The third-order valence-electron chi connectivity index (χ3n) is 2.24. The maximum absolute atomic E-state index is 11.1. The maximum Gasteiger partial charge on any atom is 0.317 e. The van der Waals surface area contributed by atoms with Crippen LogP contribution in [-0.2, 0) is 7.05 Å². The van der Waals surface area contributed by atoms with Crippen molar-refractivity contribution in [3.05, 3.63) is 40.9 Å². The highest BCUT2D eigenvalue weighted by molar-refractivity contribution is 6.06. The summed E-state index contributed by atoms with van der Waals surface area (Å²) in [5, 5.41) is 3.18. The zero-order valence-electron chi connectivity index (χ0n) is 7.60. The fourth-order valence-corrected chi connectivity index (χ4v) is 1.54. The third kappa shape index (κ3) is 1.12. The second kappa shape index (κ2) is 3.06. The molecule has 1 aromatic carbocycles. The molecule has 0 unspecified atom stereocenters. The number of benzene rings is 1. The average Bonchev–Trinajstić information content (AvgIpc) is 2.59. The van der Waals surface area contributed by atoms with Gasteiger partial charge in [0.05, 0.1) is 5.56 Å². The lowest BCUT2D eigenvalue weighted by atomic mass is 10.1. The lowest BCUT2D eigenvalue weighted by Gasteiger charge is -1.98. The van der Waals surface area contributed by atoms with Crippen LogP contribution in [0, 0.1) is 4.91 Å². The first kappa shape index (κ1) is 8.62. The number of amides is 1. The molecule has 4 nitrogen and oxygen atoms in total. The highest BCUT2D eigenvalue weighted by atomic mass is 16.3. The first-order valence-electron chi connectivity index (χ1n) is 4.16. The van der Waals surface area contributed by atoms with Crippen molar-refractivity contribution in [1.29, 1.82) is 0 Å². The topological polar surface area (TPSA) is 51.4 Å². The number of hydrogen-bond acceptors (Lipinski definition) is 2. The Morgan fingerprint density at radius 2 is 2.14 bits per heavy atom. The lowest BCUT2D eigenvalue weighted by molar-refractivity contribution is 0.100. The average molecular weight is 188 g/mol. The molecule has 2 rings (SSSR count). The summed E-state index contributed by atoms with van der Waals surface area (Å²) in [7, 11) is 1.88. The summed E-state index contributed by atoms with van der Waals surface area (Å²) < 4.78 is 1.89. The highest BCUT2D eigenvalue weighted by Crippen LogP contribution is 2.19. The molecule has 0 saturated heterocycles. The molecule has 0 N–H and O–H groups in total. The lowest BCUT2D eigenvalue weighted by Crippen LogP contribution is -1.94. The molecule has 0 aliphatic rings. The Morgan fingerprint density at radius 1 is 1.36 bits per heavy atom.